The number of anilines is 2. The minimum atomic E-state index is 0.805. The van der Waals surface area contributed by atoms with E-state index in [-0.39, 0.29) is 0 Å². The first-order valence-electron chi connectivity index (χ1n) is 10.0. The van der Waals surface area contributed by atoms with Crippen LogP contribution >= 0.6 is 0 Å². The van der Waals surface area contributed by atoms with Gasteiger partial charge < -0.3 is 9.88 Å². The van der Waals surface area contributed by atoms with Crippen molar-refractivity contribution in [3.05, 3.63) is 103 Å². The highest BCUT2D eigenvalue weighted by molar-refractivity contribution is 6.03. The lowest BCUT2D eigenvalue weighted by molar-refractivity contribution is 1.07. The van der Waals surface area contributed by atoms with E-state index < -0.39 is 0 Å². The molecule has 30 heavy (non-hydrogen) atoms. The molecule has 1 N–H and O–H groups in total. The van der Waals surface area contributed by atoms with Gasteiger partial charge in [0.1, 0.15) is 12.1 Å². The van der Waals surface area contributed by atoms with Crippen molar-refractivity contribution in [1.29, 1.82) is 0 Å². The summed E-state index contributed by atoms with van der Waals surface area (Å²) in [5.41, 5.74) is 7.62. The monoisotopic (exact) mass is 390 g/mol. The number of aryl methyl sites for hydroxylation is 2. The third-order valence-corrected chi connectivity index (χ3v) is 5.35. The molecule has 4 nitrogen and oxygen atoms in total. The van der Waals surface area contributed by atoms with Gasteiger partial charge in [0.2, 0.25) is 0 Å². The van der Waals surface area contributed by atoms with Gasteiger partial charge in [-0.15, -0.1) is 0 Å². The van der Waals surface area contributed by atoms with Gasteiger partial charge >= 0.3 is 0 Å². The first kappa shape index (κ1) is 18.1. The van der Waals surface area contributed by atoms with E-state index in [0.717, 1.165) is 39.4 Å². The minimum absolute atomic E-state index is 0.805. The second-order valence-electron chi connectivity index (χ2n) is 7.48. The van der Waals surface area contributed by atoms with Crippen LogP contribution in [-0.2, 0) is 0 Å². The summed E-state index contributed by atoms with van der Waals surface area (Å²) in [5.74, 6) is 0.805. The van der Waals surface area contributed by atoms with E-state index in [4.69, 9.17) is 0 Å². The van der Waals surface area contributed by atoms with Crippen LogP contribution in [0.15, 0.2) is 91.4 Å². The molecular formula is C26H22N4. The van der Waals surface area contributed by atoms with Crippen molar-refractivity contribution >= 4 is 22.5 Å². The molecule has 5 aromatic rings. The maximum absolute atomic E-state index is 4.67. The molecule has 0 unspecified atom stereocenters. The smallest absolute Gasteiger partial charge is 0.150 e. The van der Waals surface area contributed by atoms with Gasteiger partial charge in [-0.1, -0.05) is 60.7 Å². The Bertz CT molecular complexity index is 1340. The van der Waals surface area contributed by atoms with Crippen LogP contribution in [0.3, 0.4) is 0 Å². The number of fused-ring (bicyclic) bond motifs is 1. The highest BCUT2D eigenvalue weighted by Gasteiger charge is 2.17. The van der Waals surface area contributed by atoms with Gasteiger partial charge in [-0.25, -0.2) is 9.97 Å². The highest BCUT2D eigenvalue weighted by atomic mass is 15.1. The molecule has 0 radical (unpaired) electrons. The summed E-state index contributed by atoms with van der Waals surface area (Å²) in [6, 6.07) is 27.1. The largest absolute Gasteiger partial charge is 0.339 e. The zero-order valence-corrected chi connectivity index (χ0v) is 17.0. The molecule has 5 rings (SSSR count). The third-order valence-electron chi connectivity index (χ3n) is 5.35. The van der Waals surface area contributed by atoms with Crippen molar-refractivity contribution in [3.8, 4) is 16.8 Å². The maximum atomic E-state index is 4.67. The Hall–Kier alpha value is -3.92. The molecule has 2 heterocycles. The Morgan fingerprint density at radius 3 is 2.40 bits per heavy atom. The van der Waals surface area contributed by atoms with E-state index >= 15 is 0 Å². The normalized spacial score (nSPS) is 11.0. The third kappa shape index (κ3) is 3.22. The molecule has 0 aliphatic rings. The average Bonchev–Trinajstić information content (AvgIpc) is 3.17. The maximum Gasteiger partial charge on any atom is 0.150 e. The average molecular weight is 390 g/mol. The fourth-order valence-corrected chi connectivity index (χ4v) is 3.81. The van der Waals surface area contributed by atoms with Crippen molar-refractivity contribution in [2.45, 2.75) is 13.8 Å². The minimum Gasteiger partial charge on any atom is -0.339 e. The highest BCUT2D eigenvalue weighted by Crippen LogP contribution is 2.36. The zero-order chi connectivity index (χ0) is 20.5. The van der Waals surface area contributed by atoms with E-state index in [1.54, 1.807) is 6.33 Å². The summed E-state index contributed by atoms with van der Waals surface area (Å²) in [4.78, 5) is 9.29. The van der Waals surface area contributed by atoms with Gasteiger partial charge in [0.05, 0.1) is 5.39 Å². The summed E-state index contributed by atoms with van der Waals surface area (Å²) in [6.07, 6.45) is 3.79. The van der Waals surface area contributed by atoms with E-state index in [2.05, 4.69) is 101 Å². The number of nitrogens with zero attached hydrogens (tertiary/aromatic N) is 3. The van der Waals surface area contributed by atoms with Crippen molar-refractivity contribution in [1.82, 2.24) is 14.5 Å². The fraction of sp³-hybridized carbons (Fsp3) is 0.0769. The van der Waals surface area contributed by atoms with Crippen LogP contribution in [0.4, 0.5) is 11.5 Å². The van der Waals surface area contributed by atoms with Crippen LogP contribution in [0.2, 0.25) is 0 Å². The Balaban J connectivity index is 1.77. The number of nitrogens with one attached hydrogen (secondary N) is 1. The van der Waals surface area contributed by atoms with Crippen molar-refractivity contribution < 1.29 is 0 Å². The first-order valence-corrected chi connectivity index (χ1v) is 10.0. The number of benzene rings is 3. The summed E-state index contributed by atoms with van der Waals surface area (Å²) in [7, 11) is 0. The second-order valence-corrected chi connectivity index (χ2v) is 7.48. The van der Waals surface area contributed by atoms with Crippen LogP contribution in [-0.4, -0.2) is 14.5 Å². The number of hydrogen-bond acceptors (Lipinski definition) is 3. The van der Waals surface area contributed by atoms with Crippen LogP contribution in [0.5, 0.6) is 0 Å². The van der Waals surface area contributed by atoms with Gasteiger partial charge in [-0.05, 0) is 48.7 Å². The lowest BCUT2D eigenvalue weighted by Gasteiger charge is -2.11. The van der Waals surface area contributed by atoms with Crippen molar-refractivity contribution in [3.63, 3.8) is 0 Å². The van der Waals surface area contributed by atoms with Crippen molar-refractivity contribution in [2.24, 2.45) is 0 Å². The summed E-state index contributed by atoms with van der Waals surface area (Å²) in [5, 5.41) is 4.54. The molecule has 0 fully saturated rings. The molecule has 0 saturated carbocycles. The van der Waals surface area contributed by atoms with Gasteiger partial charge in [0.25, 0.3) is 0 Å². The molecule has 0 aliphatic carbocycles. The lowest BCUT2D eigenvalue weighted by Crippen LogP contribution is -1.99. The number of para-hydroxylation sites is 1. The molecule has 2 aromatic heterocycles. The Morgan fingerprint density at radius 1 is 0.800 bits per heavy atom. The topological polar surface area (TPSA) is 42.7 Å². The predicted octanol–water partition coefficient (Wildman–Crippen LogP) is 6.45. The Labute approximate surface area is 175 Å². The van der Waals surface area contributed by atoms with Gasteiger partial charge in [0.15, 0.2) is 5.65 Å². The standard InChI is InChI=1S/C26H22N4/c1-18-9-8-13-21(15-18)30-16-22(20-11-4-3-5-12-20)24-25(27-17-28-26(24)30)29-23-14-7-6-10-19(23)2/h3-17H,1-2H3,(H,27,28,29). The molecule has 0 bridgehead atoms. The molecule has 0 saturated heterocycles. The van der Waals surface area contributed by atoms with Gasteiger partial charge in [0, 0.05) is 23.1 Å². The Morgan fingerprint density at radius 2 is 1.60 bits per heavy atom. The van der Waals surface area contributed by atoms with E-state index in [1.165, 1.54) is 11.1 Å². The van der Waals surface area contributed by atoms with Crippen LogP contribution in [0.1, 0.15) is 11.1 Å². The van der Waals surface area contributed by atoms with E-state index in [9.17, 15) is 0 Å². The van der Waals surface area contributed by atoms with E-state index in [1.807, 2.05) is 18.2 Å². The molecule has 146 valence electrons. The summed E-state index contributed by atoms with van der Waals surface area (Å²) < 4.78 is 2.15. The second kappa shape index (κ2) is 7.48. The summed E-state index contributed by atoms with van der Waals surface area (Å²) >= 11 is 0. The molecule has 0 spiro atoms. The van der Waals surface area contributed by atoms with Crippen LogP contribution < -0.4 is 5.32 Å². The fourth-order valence-electron chi connectivity index (χ4n) is 3.81. The SMILES string of the molecule is Cc1cccc(-n2cc(-c3ccccc3)c3c(Nc4ccccc4C)ncnc32)c1. The zero-order valence-electron chi connectivity index (χ0n) is 17.0. The molecule has 0 amide bonds. The lowest BCUT2D eigenvalue weighted by atomic mass is 10.1. The van der Waals surface area contributed by atoms with Crippen molar-refractivity contribution in [2.75, 3.05) is 5.32 Å². The summed E-state index contributed by atoms with van der Waals surface area (Å²) in [6.45, 7) is 4.20. The van der Waals surface area contributed by atoms with E-state index in [0.29, 0.717) is 0 Å². The number of rotatable bonds is 4. The molecule has 4 heteroatoms. The predicted molar refractivity (Wildman–Crippen MR) is 123 cm³/mol. The Kier molecular flexibility index (Phi) is 4.52. The number of hydrogen-bond donors (Lipinski definition) is 1. The molecule has 0 aliphatic heterocycles. The van der Waals surface area contributed by atoms with Crippen LogP contribution in [0.25, 0.3) is 27.8 Å². The first-order chi connectivity index (χ1) is 14.7. The number of aromatic nitrogens is 3. The van der Waals surface area contributed by atoms with Gasteiger partial charge in [-0.3, -0.25) is 0 Å². The molecule has 0 atom stereocenters. The quantitative estimate of drug-likeness (QED) is 0.383. The molecule has 3 aromatic carbocycles. The van der Waals surface area contributed by atoms with Gasteiger partial charge in [-0.2, -0.15) is 0 Å². The molecular weight excluding hydrogens is 368 g/mol. The van der Waals surface area contributed by atoms with Crippen LogP contribution in [0, 0.1) is 13.8 Å².